The quantitative estimate of drug-likeness (QED) is 0.900. The van der Waals surface area contributed by atoms with Crippen LogP contribution in [0.2, 0.25) is 0 Å². The first-order valence-electron chi connectivity index (χ1n) is 8.85. The smallest absolute Gasteiger partial charge is 0.0733 e. The number of rotatable bonds is 2. The molecule has 3 fully saturated rings. The van der Waals surface area contributed by atoms with Crippen molar-refractivity contribution in [2.45, 2.75) is 69.2 Å². The minimum atomic E-state index is 0.514. The lowest BCUT2D eigenvalue weighted by Crippen LogP contribution is -2.48. The molecule has 4 bridgehead atoms. The molecule has 4 aliphatic rings. The van der Waals surface area contributed by atoms with Crippen LogP contribution in [0.5, 0.6) is 0 Å². The van der Waals surface area contributed by atoms with E-state index in [-0.39, 0.29) is 0 Å². The summed E-state index contributed by atoms with van der Waals surface area (Å²) in [6.45, 7) is 0. The van der Waals surface area contributed by atoms with Gasteiger partial charge in [0.1, 0.15) is 0 Å². The van der Waals surface area contributed by atoms with Gasteiger partial charge < -0.3 is 10.1 Å². The van der Waals surface area contributed by atoms with E-state index in [4.69, 9.17) is 4.74 Å². The fourth-order valence-corrected chi connectivity index (χ4v) is 5.48. The highest BCUT2D eigenvalue weighted by Gasteiger charge is 2.45. The first-order chi connectivity index (χ1) is 10.4. The highest BCUT2D eigenvalue weighted by atomic mass is 16.5. The van der Waals surface area contributed by atoms with Crippen LogP contribution in [0.3, 0.4) is 0 Å². The Morgan fingerprint density at radius 2 is 1.62 bits per heavy atom. The molecular formula is C19H25NO. The van der Waals surface area contributed by atoms with Crippen molar-refractivity contribution in [2.75, 3.05) is 0 Å². The zero-order chi connectivity index (χ0) is 13.8. The molecule has 112 valence electrons. The van der Waals surface area contributed by atoms with Gasteiger partial charge in [-0.15, -0.1) is 0 Å². The van der Waals surface area contributed by atoms with Crippen molar-refractivity contribution < 1.29 is 4.74 Å². The van der Waals surface area contributed by atoms with Crippen LogP contribution in [0.1, 0.15) is 43.2 Å². The summed E-state index contributed by atoms with van der Waals surface area (Å²) in [4.78, 5) is 0. The number of fused-ring (bicyclic) bond motifs is 5. The lowest BCUT2D eigenvalue weighted by Gasteiger charge is -2.30. The van der Waals surface area contributed by atoms with E-state index in [1.807, 2.05) is 0 Å². The Kier molecular flexibility index (Phi) is 2.91. The normalized spacial score (nSPS) is 43.8. The third kappa shape index (κ3) is 2.07. The van der Waals surface area contributed by atoms with Gasteiger partial charge in [-0.2, -0.15) is 0 Å². The van der Waals surface area contributed by atoms with Gasteiger partial charge in [0.05, 0.1) is 12.2 Å². The molecular weight excluding hydrogens is 258 g/mol. The molecule has 0 spiro atoms. The van der Waals surface area contributed by atoms with E-state index in [1.165, 1.54) is 44.9 Å². The maximum absolute atomic E-state index is 6.05. The zero-order valence-electron chi connectivity index (χ0n) is 12.6. The highest BCUT2D eigenvalue weighted by Crippen LogP contribution is 2.42. The molecule has 2 aliphatic heterocycles. The second-order valence-electron chi connectivity index (χ2n) is 7.68. The van der Waals surface area contributed by atoms with E-state index in [2.05, 4.69) is 29.6 Å². The average Bonchev–Trinajstić information content (AvgIpc) is 3.15. The minimum absolute atomic E-state index is 0.514. The third-order valence-electron chi connectivity index (χ3n) is 6.52. The summed E-state index contributed by atoms with van der Waals surface area (Å²) in [6.07, 6.45) is 10.3. The highest BCUT2D eigenvalue weighted by molar-refractivity contribution is 5.31. The summed E-state index contributed by atoms with van der Waals surface area (Å²) in [6, 6.07) is 10.5. The van der Waals surface area contributed by atoms with Crippen molar-refractivity contribution in [1.82, 2.24) is 5.32 Å². The third-order valence-corrected chi connectivity index (χ3v) is 6.52. The van der Waals surface area contributed by atoms with Crippen LogP contribution in [-0.2, 0) is 17.6 Å². The molecule has 2 saturated heterocycles. The molecule has 1 saturated carbocycles. The fraction of sp³-hybridized carbons (Fsp3) is 0.684. The van der Waals surface area contributed by atoms with Crippen molar-refractivity contribution in [3.05, 3.63) is 35.4 Å². The van der Waals surface area contributed by atoms with Crippen LogP contribution in [0.15, 0.2) is 24.3 Å². The molecule has 0 aromatic heterocycles. The Hall–Kier alpha value is -0.860. The fourth-order valence-electron chi connectivity index (χ4n) is 5.48. The SMILES string of the molecule is c1ccc2c(c1)CC1CCC(C2)C1NC1CC2CCC1O2. The van der Waals surface area contributed by atoms with Crippen molar-refractivity contribution in [3.63, 3.8) is 0 Å². The van der Waals surface area contributed by atoms with Gasteiger partial charge in [0.2, 0.25) is 0 Å². The predicted molar refractivity (Wildman–Crippen MR) is 83.3 cm³/mol. The van der Waals surface area contributed by atoms with Crippen molar-refractivity contribution in [1.29, 1.82) is 0 Å². The van der Waals surface area contributed by atoms with Gasteiger partial charge in [-0.3, -0.25) is 0 Å². The van der Waals surface area contributed by atoms with E-state index in [9.17, 15) is 0 Å². The molecule has 2 heteroatoms. The summed E-state index contributed by atoms with van der Waals surface area (Å²) in [5.41, 5.74) is 3.22. The number of hydrogen-bond acceptors (Lipinski definition) is 2. The number of hydrogen-bond donors (Lipinski definition) is 1. The lowest BCUT2D eigenvalue weighted by molar-refractivity contribution is 0.0940. The van der Waals surface area contributed by atoms with Crippen LogP contribution in [0, 0.1) is 11.8 Å². The maximum Gasteiger partial charge on any atom is 0.0733 e. The Morgan fingerprint density at radius 1 is 0.905 bits per heavy atom. The average molecular weight is 283 g/mol. The Labute approximate surface area is 127 Å². The molecule has 5 rings (SSSR count). The van der Waals surface area contributed by atoms with Crippen molar-refractivity contribution >= 4 is 0 Å². The van der Waals surface area contributed by atoms with E-state index >= 15 is 0 Å². The van der Waals surface area contributed by atoms with Gasteiger partial charge in [0.25, 0.3) is 0 Å². The van der Waals surface area contributed by atoms with Gasteiger partial charge in [0, 0.05) is 12.1 Å². The molecule has 21 heavy (non-hydrogen) atoms. The van der Waals surface area contributed by atoms with E-state index in [1.54, 1.807) is 11.1 Å². The summed E-state index contributed by atoms with van der Waals surface area (Å²) in [5.74, 6) is 1.69. The molecule has 1 aromatic carbocycles. The van der Waals surface area contributed by atoms with Gasteiger partial charge in [-0.1, -0.05) is 24.3 Å². The van der Waals surface area contributed by atoms with Gasteiger partial charge in [-0.05, 0) is 67.9 Å². The largest absolute Gasteiger partial charge is 0.373 e. The van der Waals surface area contributed by atoms with E-state index in [0.717, 1.165) is 17.9 Å². The van der Waals surface area contributed by atoms with E-state index in [0.29, 0.717) is 18.2 Å². The molecule has 2 nitrogen and oxygen atoms in total. The van der Waals surface area contributed by atoms with Crippen LogP contribution in [0.25, 0.3) is 0 Å². The lowest BCUT2D eigenvalue weighted by atomic mass is 9.90. The van der Waals surface area contributed by atoms with Crippen LogP contribution in [-0.4, -0.2) is 24.3 Å². The number of ether oxygens (including phenoxy) is 1. The van der Waals surface area contributed by atoms with Crippen molar-refractivity contribution in [3.8, 4) is 0 Å². The maximum atomic E-state index is 6.05. The van der Waals surface area contributed by atoms with Crippen LogP contribution < -0.4 is 5.32 Å². The van der Waals surface area contributed by atoms with Gasteiger partial charge in [0.15, 0.2) is 0 Å². The molecule has 2 heterocycles. The molecule has 5 atom stereocenters. The topological polar surface area (TPSA) is 21.3 Å². The summed E-state index contributed by atoms with van der Waals surface area (Å²) >= 11 is 0. The summed E-state index contributed by atoms with van der Waals surface area (Å²) in [5, 5.41) is 4.06. The molecule has 1 aromatic rings. The van der Waals surface area contributed by atoms with Gasteiger partial charge >= 0.3 is 0 Å². The standard InChI is InChI=1S/C19H25NO/c1-2-4-13-10-15-6-5-14(9-12(13)3-1)19(15)20-17-11-16-7-8-18(17)21-16/h1-4,14-20H,5-11H2. The summed E-state index contributed by atoms with van der Waals surface area (Å²) < 4.78 is 6.05. The molecule has 1 N–H and O–H groups in total. The minimum Gasteiger partial charge on any atom is -0.373 e. The monoisotopic (exact) mass is 283 g/mol. The molecule has 0 amide bonds. The Morgan fingerprint density at radius 3 is 2.19 bits per heavy atom. The predicted octanol–water partition coefficient (Wildman–Crippen LogP) is 3.09. The Balaban J connectivity index is 1.37. The van der Waals surface area contributed by atoms with Crippen LogP contribution in [0.4, 0.5) is 0 Å². The first kappa shape index (κ1) is 12.7. The zero-order valence-corrected chi connectivity index (χ0v) is 12.6. The second kappa shape index (κ2) is 4.82. The van der Waals surface area contributed by atoms with Crippen molar-refractivity contribution in [2.24, 2.45) is 11.8 Å². The van der Waals surface area contributed by atoms with E-state index < -0.39 is 0 Å². The first-order valence-corrected chi connectivity index (χ1v) is 8.85. The molecule has 0 radical (unpaired) electrons. The molecule has 5 unspecified atom stereocenters. The Bertz CT molecular complexity index is 509. The second-order valence-corrected chi connectivity index (χ2v) is 7.68. The molecule has 2 aliphatic carbocycles. The number of nitrogens with one attached hydrogen (secondary N) is 1. The summed E-state index contributed by atoms with van der Waals surface area (Å²) in [7, 11) is 0. The van der Waals surface area contributed by atoms with Crippen LogP contribution >= 0.6 is 0 Å². The number of benzene rings is 1. The van der Waals surface area contributed by atoms with Gasteiger partial charge in [-0.25, -0.2) is 0 Å².